The molecule has 1 aromatic rings. The van der Waals surface area contributed by atoms with Crippen LogP contribution in [0.15, 0.2) is 6.33 Å². The molecule has 5 heteroatoms. The van der Waals surface area contributed by atoms with Gasteiger partial charge >= 0.3 is 0 Å². The van der Waals surface area contributed by atoms with Crippen LogP contribution < -0.4 is 5.32 Å². The van der Waals surface area contributed by atoms with E-state index in [1.165, 1.54) is 24.2 Å². The molecule has 3 heterocycles. The van der Waals surface area contributed by atoms with Crippen molar-refractivity contribution in [2.24, 2.45) is 0 Å². The van der Waals surface area contributed by atoms with Crippen LogP contribution in [0, 0.1) is 0 Å². The summed E-state index contributed by atoms with van der Waals surface area (Å²) in [5.74, 6) is 0. The van der Waals surface area contributed by atoms with Crippen LogP contribution in [-0.4, -0.2) is 16.0 Å². The van der Waals surface area contributed by atoms with E-state index in [4.69, 9.17) is 0 Å². The Hall–Kier alpha value is -0.250. The van der Waals surface area contributed by atoms with Gasteiger partial charge in [-0.05, 0) is 12.8 Å². The lowest BCUT2D eigenvalue weighted by Crippen LogP contribution is -2.31. The molecule has 1 saturated heterocycles. The lowest BCUT2D eigenvalue weighted by Gasteiger charge is -2.19. The van der Waals surface area contributed by atoms with Gasteiger partial charge < -0.3 is 10.3 Å². The Morgan fingerprint density at radius 1 is 1.31 bits per heavy atom. The second-order valence-corrected chi connectivity index (χ2v) is 3.46. The molecule has 3 rings (SSSR count). The predicted molar refractivity (Wildman–Crippen MR) is 55.7 cm³/mol. The Kier molecular flexibility index (Phi) is 3.22. The molecular formula is C8H13Cl2N3. The quantitative estimate of drug-likeness (QED) is 0.700. The summed E-state index contributed by atoms with van der Waals surface area (Å²) < 4.78 is 0. The average molecular weight is 222 g/mol. The van der Waals surface area contributed by atoms with Gasteiger partial charge in [0.1, 0.15) is 0 Å². The Morgan fingerprint density at radius 2 is 2.15 bits per heavy atom. The maximum atomic E-state index is 4.32. The van der Waals surface area contributed by atoms with Crippen LogP contribution in [0.4, 0.5) is 0 Å². The van der Waals surface area contributed by atoms with Crippen LogP contribution in [0.25, 0.3) is 0 Å². The van der Waals surface area contributed by atoms with Gasteiger partial charge in [-0.25, -0.2) is 4.98 Å². The van der Waals surface area contributed by atoms with Crippen molar-refractivity contribution in [2.45, 2.75) is 31.3 Å². The lowest BCUT2D eigenvalue weighted by molar-refractivity contribution is 0.504. The van der Waals surface area contributed by atoms with Crippen molar-refractivity contribution in [3.05, 3.63) is 17.7 Å². The van der Waals surface area contributed by atoms with Crippen molar-refractivity contribution < 1.29 is 0 Å². The van der Waals surface area contributed by atoms with Crippen LogP contribution in [0.1, 0.15) is 30.3 Å². The number of aromatic amines is 1. The molecular weight excluding hydrogens is 209 g/mol. The van der Waals surface area contributed by atoms with E-state index in [2.05, 4.69) is 15.3 Å². The monoisotopic (exact) mass is 221 g/mol. The van der Waals surface area contributed by atoms with E-state index in [0.29, 0.717) is 12.1 Å². The molecule has 2 aliphatic rings. The van der Waals surface area contributed by atoms with Crippen LogP contribution in [0.5, 0.6) is 0 Å². The first-order valence-corrected chi connectivity index (χ1v) is 4.21. The van der Waals surface area contributed by atoms with Crippen LogP contribution >= 0.6 is 24.8 Å². The molecule has 2 atom stereocenters. The largest absolute Gasteiger partial charge is 0.348 e. The summed E-state index contributed by atoms with van der Waals surface area (Å²) >= 11 is 0. The van der Waals surface area contributed by atoms with E-state index in [-0.39, 0.29) is 24.8 Å². The summed E-state index contributed by atoms with van der Waals surface area (Å²) in [6, 6.07) is 1.27. The van der Waals surface area contributed by atoms with Crippen molar-refractivity contribution in [1.29, 1.82) is 0 Å². The molecule has 0 aromatic carbocycles. The topological polar surface area (TPSA) is 40.7 Å². The van der Waals surface area contributed by atoms with Crippen molar-refractivity contribution in [3.8, 4) is 0 Å². The van der Waals surface area contributed by atoms with Gasteiger partial charge in [-0.2, -0.15) is 0 Å². The minimum absolute atomic E-state index is 0. The number of H-pyrrole nitrogens is 1. The van der Waals surface area contributed by atoms with Crippen molar-refractivity contribution in [2.75, 3.05) is 0 Å². The zero-order chi connectivity index (χ0) is 7.26. The standard InChI is InChI=1S/C8H11N3.2ClH/c1-2-6-8-7(9-4-10-8)3-5(1)11-6;;/h4-6,11H,1-3H2,(H,9,10);2*1H. The molecule has 0 spiro atoms. The first kappa shape index (κ1) is 10.8. The highest BCUT2D eigenvalue weighted by Gasteiger charge is 2.33. The first-order valence-electron chi connectivity index (χ1n) is 4.21. The minimum Gasteiger partial charge on any atom is -0.348 e. The Labute approximate surface area is 89.5 Å². The Bertz CT molecular complexity index is 287. The number of imidazole rings is 1. The van der Waals surface area contributed by atoms with Crippen molar-refractivity contribution in [1.82, 2.24) is 15.3 Å². The van der Waals surface area contributed by atoms with E-state index < -0.39 is 0 Å². The molecule has 0 aliphatic carbocycles. The molecule has 1 fully saturated rings. The van der Waals surface area contributed by atoms with Gasteiger partial charge in [0.05, 0.1) is 18.1 Å². The second-order valence-electron chi connectivity index (χ2n) is 3.46. The summed E-state index contributed by atoms with van der Waals surface area (Å²) in [4.78, 5) is 7.52. The van der Waals surface area contributed by atoms with Gasteiger partial charge in [-0.15, -0.1) is 24.8 Å². The molecule has 2 aliphatic heterocycles. The Balaban J connectivity index is 0.000000422. The number of hydrogen-bond acceptors (Lipinski definition) is 2. The number of hydrogen-bond donors (Lipinski definition) is 2. The zero-order valence-corrected chi connectivity index (χ0v) is 8.75. The molecule has 2 unspecified atom stereocenters. The molecule has 74 valence electrons. The zero-order valence-electron chi connectivity index (χ0n) is 7.12. The average Bonchev–Trinajstić information content (AvgIpc) is 2.58. The molecule has 0 amide bonds. The van der Waals surface area contributed by atoms with Gasteiger partial charge in [0.25, 0.3) is 0 Å². The summed E-state index contributed by atoms with van der Waals surface area (Å²) in [5, 5.41) is 3.55. The van der Waals surface area contributed by atoms with Gasteiger partial charge in [0.2, 0.25) is 0 Å². The summed E-state index contributed by atoms with van der Waals surface area (Å²) in [6.07, 6.45) is 5.54. The highest BCUT2D eigenvalue weighted by atomic mass is 35.5. The van der Waals surface area contributed by atoms with E-state index >= 15 is 0 Å². The third-order valence-electron chi connectivity index (χ3n) is 2.77. The van der Waals surface area contributed by atoms with Crippen LogP contribution in [0.2, 0.25) is 0 Å². The third-order valence-corrected chi connectivity index (χ3v) is 2.77. The number of halogens is 2. The maximum Gasteiger partial charge on any atom is 0.0925 e. The summed E-state index contributed by atoms with van der Waals surface area (Å²) in [6.45, 7) is 0. The molecule has 0 radical (unpaired) electrons. The molecule has 1 aromatic heterocycles. The van der Waals surface area contributed by atoms with E-state index in [1.807, 2.05) is 6.33 Å². The molecule has 0 saturated carbocycles. The smallest absolute Gasteiger partial charge is 0.0925 e. The van der Waals surface area contributed by atoms with Gasteiger partial charge in [0.15, 0.2) is 0 Å². The second kappa shape index (κ2) is 3.86. The van der Waals surface area contributed by atoms with Gasteiger partial charge in [-0.1, -0.05) is 0 Å². The maximum absolute atomic E-state index is 4.32. The fourth-order valence-corrected chi connectivity index (χ4v) is 2.24. The molecule has 2 N–H and O–H groups in total. The number of fused-ring (bicyclic) bond motifs is 4. The van der Waals surface area contributed by atoms with Crippen LogP contribution in [0.3, 0.4) is 0 Å². The van der Waals surface area contributed by atoms with E-state index in [9.17, 15) is 0 Å². The van der Waals surface area contributed by atoms with Crippen molar-refractivity contribution in [3.63, 3.8) is 0 Å². The SMILES string of the molecule is Cl.Cl.c1nc2c([nH]1)CC1CCC2N1. The number of aromatic nitrogens is 2. The third kappa shape index (κ3) is 1.56. The minimum atomic E-state index is 0. The summed E-state index contributed by atoms with van der Waals surface area (Å²) in [7, 11) is 0. The van der Waals surface area contributed by atoms with Crippen molar-refractivity contribution >= 4 is 24.8 Å². The van der Waals surface area contributed by atoms with E-state index in [0.717, 1.165) is 6.42 Å². The fraction of sp³-hybridized carbons (Fsp3) is 0.625. The number of nitrogens with zero attached hydrogens (tertiary/aromatic N) is 1. The first-order chi connectivity index (χ1) is 5.43. The molecule has 13 heavy (non-hydrogen) atoms. The fourth-order valence-electron chi connectivity index (χ4n) is 2.24. The number of rotatable bonds is 0. The van der Waals surface area contributed by atoms with Crippen LogP contribution in [-0.2, 0) is 6.42 Å². The van der Waals surface area contributed by atoms with Gasteiger partial charge in [-0.3, -0.25) is 0 Å². The van der Waals surface area contributed by atoms with Gasteiger partial charge in [0, 0.05) is 18.2 Å². The lowest BCUT2D eigenvalue weighted by atomic mass is 10.1. The number of nitrogens with one attached hydrogen (secondary N) is 2. The summed E-state index contributed by atoms with van der Waals surface area (Å²) in [5.41, 5.74) is 2.62. The Morgan fingerprint density at radius 3 is 3.00 bits per heavy atom. The highest BCUT2D eigenvalue weighted by molar-refractivity contribution is 5.85. The molecule has 2 bridgehead atoms. The predicted octanol–water partition coefficient (Wildman–Crippen LogP) is 1.60. The van der Waals surface area contributed by atoms with E-state index in [1.54, 1.807) is 0 Å². The highest BCUT2D eigenvalue weighted by Crippen LogP contribution is 2.33. The molecule has 3 nitrogen and oxygen atoms in total. The normalized spacial score (nSPS) is 28.6.